The summed E-state index contributed by atoms with van der Waals surface area (Å²) in [6.45, 7) is 6.82. The Kier molecular flexibility index (Phi) is 4.55. The number of anilines is 1. The third-order valence-corrected chi connectivity index (χ3v) is 3.40. The zero-order chi connectivity index (χ0) is 13.0. The van der Waals surface area contributed by atoms with E-state index >= 15 is 0 Å². The summed E-state index contributed by atoms with van der Waals surface area (Å²) in [6.07, 6.45) is 4.49. The van der Waals surface area contributed by atoms with E-state index < -0.39 is 0 Å². The van der Waals surface area contributed by atoms with Gasteiger partial charge in [-0.25, -0.2) is 4.98 Å². The van der Waals surface area contributed by atoms with Crippen molar-refractivity contribution < 1.29 is 4.74 Å². The lowest BCUT2D eigenvalue weighted by Gasteiger charge is -2.33. The van der Waals surface area contributed by atoms with Gasteiger partial charge in [-0.1, -0.05) is 0 Å². The molecule has 1 aromatic heterocycles. The molecule has 2 N–H and O–H groups in total. The number of nitrogens with two attached hydrogens (primary N) is 1. The molecule has 2 atom stereocenters. The van der Waals surface area contributed by atoms with Crippen LogP contribution < -0.4 is 10.6 Å². The highest BCUT2D eigenvalue weighted by atomic mass is 16.5. The number of ether oxygens (including phenoxy) is 1. The molecule has 18 heavy (non-hydrogen) atoms. The Bertz CT molecular complexity index is 379. The molecule has 2 rings (SSSR count). The highest BCUT2D eigenvalue weighted by Crippen LogP contribution is 2.21. The van der Waals surface area contributed by atoms with Crippen molar-refractivity contribution in [1.29, 1.82) is 0 Å². The molecule has 1 aliphatic heterocycles. The average molecular weight is 249 g/mol. The van der Waals surface area contributed by atoms with Crippen LogP contribution in [0.15, 0.2) is 18.3 Å². The van der Waals surface area contributed by atoms with Crippen LogP contribution in [0, 0.1) is 0 Å². The first kappa shape index (κ1) is 13.3. The number of pyridine rings is 1. The molecular weight excluding hydrogens is 226 g/mol. The van der Waals surface area contributed by atoms with Crippen molar-refractivity contribution in [2.24, 2.45) is 5.73 Å². The van der Waals surface area contributed by atoms with Gasteiger partial charge in [0.25, 0.3) is 0 Å². The van der Waals surface area contributed by atoms with E-state index in [-0.39, 0.29) is 6.04 Å². The summed E-state index contributed by atoms with van der Waals surface area (Å²) in [5.74, 6) is 1.02. The Morgan fingerprint density at radius 1 is 1.61 bits per heavy atom. The quantitative estimate of drug-likeness (QED) is 0.888. The average Bonchev–Trinajstić information content (AvgIpc) is 2.39. The van der Waals surface area contributed by atoms with Crippen molar-refractivity contribution in [3.8, 4) is 0 Å². The molecule has 100 valence electrons. The Labute approximate surface area is 109 Å². The predicted octanol–water partition coefficient (Wildman–Crippen LogP) is 2.11. The van der Waals surface area contributed by atoms with Crippen molar-refractivity contribution in [2.75, 3.05) is 24.6 Å². The lowest BCUT2D eigenvalue weighted by atomic mass is 10.1. The molecule has 1 unspecified atom stereocenters. The molecule has 1 saturated heterocycles. The van der Waals surface area contributed by atoms with E-state index in [1.165, 1.54) is 0 Å². The van der Waals surface area contributed by atoms with E-state index in [4.69, 9.17) is 10.5 Å². The first-order valence-corrected chi connectivity index (χ1v) is 6.78. The molecule has 1 fully saturated rings. The normalized spacial score (nSPS) is 21.9. The van der Waals surface area contributed by atoms with Crippen molar-refractivity contribution in [3.05, 3.63) is 23.9 Å². The van der Waals surface area contributed by atoms with E-state index in [1.807, 2.05) is 26.1 Å². The lowest BCUT2D eigenvalue weighted by Crippen LogP contribution is -2.40. The van der Waals surface area contributed by atoms with Crippen LogP contribution in [0.25, 0.3) is 0 Å². The van der Waals surface area contributed by atoms with Crippen LogP contribution in [-0.4, -0.2) is 30.8 Å². The van der Waals surface area contributed by atoms with Crippen molar-refractivity contribution >= 4 is 5.82 Å². The molecule has 0 bridgehead atoms. The first-order valence-electron chi connectivity index (χ1n) is 6.78. The van der Waals surface area contributed by atoms with Gasteiger partial charge in [0, 0.05) is 31.9 Å². The minimum atomic E-state index is 0.0548. The number of rotatable bonds is 4. The first-order chi connectivity index (χ1) is 8.70. The number of piperidine rings is 1. The molecule has 1 aliphatic rings. The summed E-state index contributed by atoms with van der Waals surface area (Å²) < 4.78 is 5.72. The van der Waals surface area contributed by atoms with E-state index in [1.54, 1.807) is 0 Å². The molecule has 0 radical (unpaired) electrons. The maximum Gasteiger partial charge on any atom is 0.128 e. The zero-order valence-corrected chi connectivity index (χ0v) is 11.3. The molecule has 1 aromatic rings. The molecule has 4 heteroatoms. The smallest absolute Gasteiger partial charge is 0.128 e. The van der Waals surface area contributed by atoms with Crippen LogP contribution in [0.1, 0.15) is 38.3 Å². The third-order valence-electron chi connectivity index (χ3n) is 3.40. The molecule has 0 spiro atoms. The molecule has 2 heterocycles. The van der Waals surface area contributed by atoms with Gasteiger partial charge in [-0.05, 0) is 44.4 Å². The SMILES string of the molecule is CCOC1CCCN(c2cc([C@@H](C)N)ccn2)C1. The van der Waals surface area contributed by atoms with E-state index in [0.717, 1.165) is 43.9 Å². The second-order valence-electron chi connectivity index (χ2n) is 4.90. The van der Waals surface area contributed by atoms with Crippen molar-refractivity contribution in [3.63, 3.8) is 0 Å². The van der Waals surface area contributed by atoms with Crippen LogP contribution >= 0.6 is 0 Å². The van der Waals surface area contributed by atoms with E-state index in [0.29, 0.717) is 6.10 Å². The van der Waals surface area contributed by atoms with Crippen molar-refractivity contribution in [2.45, 2.75) is 38.8 Å². The van der Waals surface area contributed by atoms with Crippen LogP contribution in [-0.2, 0) is 4.74 Å². The summed E-state index contributed by atoms with van der Waals surface area (Å²) >= 11 is 0. The number of aromatic nitrogens is 1. The summed E-state index contributed by atoms with van der Waals surface area (Å²) in [5, 5.41) is 0. The molecule has 0 amide bonds. The molecule has 4 nitrogen and oxygen atoms in total. The minimum Gasteiger partial charge on any atom is -0.377 e. The fourth-order valence-corrected chi connectivity index (χ4v) is 2.41. The van der Waals surface area contributed by atoms with Crippen molar-refractivity contribution in [1.82, 2.24) is 4.98 Å². The fraction of sp³-hybridized carbons (Fsp3) is 0.643. The van der Waals surface area contributed by atoms with Gasteiger partial charge in [0.1, 0.15) is 5.82 Å². The third kappa shape index (κ3) is 3.21. The molecular formula is C14H23N3O. The fourth-order valence-electron chi connectivity index (χ4n) is 2.41. The van der Waals surface area contributed by atoms with Crippen LogP contribution in [0.2, 0.25) is 0 Å². The number of hydrogen-bond donors (Lipinski definition) is 1. The summed E-state index contributed by atoms with van der Waals surface area (Å²) in [5.41, 5.74) is 7.05. The number of nitrogens with zero attached hydrogens (tertiary/aromatic N) is 2. The highest BCUT2D eigenvalue weighted by Gasteiger charge is 2.21. The number of hydrogen-bond acceptors (Lipinski definition) is 4. The second kappa shape index (κ2) is 6.16. The van der Waals surface area contributed by atoms with Crippen LogP contribution in [0.4, 0.5) is 5.82 Å². The summed E-state index contributed by atoms with van der Waals surface area (Å²) in [4.78, 5) is 6.76. The van der Waals surface area contributed by atoms with Gasteiger partial charge in [-0.3, -0.25) is 0 Å². The topological polar surface area (TPSA) is 51.4 Å². The van der Waals surface area contributed by atoms with Crippen LogP contribution in [0.3, 0.4) is 0 Å². The van der Waals surface area contributed by atoms with Gasteiger partial charge in [-0.15, -0.1) is 0 Å². The maximum absolute atomic E-state index is 5.92. The molecule has 0 saturated carbocycles. The predicted molar refractivity (Wildman–Crippen MR) is 73.7 cm³/mol. The second-order valence-corrected chi connectivity index (χ2v) is 4.90. The summed E-state index contributed by atoms with van der Waals surface area (Å²) in [7, 11) is 0. The zero-order valence-electron chi connectivity index (χ0n) is 11.3. The molecule has 0 aromatic carbocycles. The van der Waals surface area contributed by atoms with Gasteiger partial charge in [0.05, 0.1) is 6.10 Å². The minimum absolute atomic E-state index is 0.0548. The lowest BCUT2D eigenvalue weighted by molar-refractivity contribution is 0.0525. The maximum atomic E-state index is 5.92. The van der Waals surface area contributed by atoms with Gasteiger partial charge in [0.15, 0.2) is 0 Å². The van der Waals surface area contributed by atoms with E-state index in [9.17, 15) is 0 Å². The van der Waals surface area contributed by atoms with Gasteiger partial charge in [0.2, 0.25) is 0 Å². The Hall–Kier alpha value is -1.13. The standard InChI is InChI=1S/C14H23N3O/c1-3-18-13-5-4-8-17(10-13)14-9-12(11(2)15)6-7-16-14/h6-7,9,11,13H,3-5,8,10,15H2,1-2H3/t11-,13?/m1/s1. The summed E-state index contributed by atoms with van der Waals surface area (Å²) in [6, 6.07) is 4.14. The Balaban J connectivity index is 2.08. The highest BCUT2D eigenvalue weighted by molar-refractivity contribution is 5.42. The molecule has 0 aliphatic carbocycles. The van der Waals surface area contributed by atoms with Crippen LogP contribution in [0.5, 0.6) is 0 Å². The van der Waals surface area contributed by atoms with Gasteiger partial charge in [-0.2, -0.15) is 0 Å². The largest absolute Gasteiger partial charge is 0.377 e. The Morgan fingerprint density at radius 2 is 2.44 bits per heavy atom. The van der Waals surface area contributed by atoms with Gasteiger partial charge >= 0.3 is 0 Å². The Morgan fingerprint density at radius 3 is 3.17 bits per heavy atom. The monoisotopic (exact) mass is 249 g/mol. The van der Waals surface area contributed by atoms with Gasteiger partial charge < -0.3 is 15.4 Å². The van der Waals surface area contributed by atoms with E-state index in [2.05, 4.69) is 16.0 Å².